The predicted molar refractivity (Wildman–Crippen MR) is 65.2 cm³/mol. The largest absolute Gasteiger partial charge is 0.368 e. The molecule has 0 bridgehead atoms. The minimum atomic E-state index is -0.272. The lowest BCUT2D eigenvalue weighted by Gasteiger charge is -2.20. The number of nitrogens with two attached hydrogens (primary N) is 1. The van der Waals surface area contributed by atoms with Crippen LogP contribution in [0.5, 0.6) is 0 Å². The number of rotatable bonds is 2. The minimum absolute atomic E-state index is 0.216. The average molecular weight is 251 g/mol. The number of imidazole rings is 1. The maximum absolute atomic E-state index is 11.3. The Morgan fingerprint density at radius 3 is 3.18 bits per heavy atom. The number of nitrogens with zero attached hydrogens (tertiary/aromatic N) is 4. The fourth-order valence-corrected chi connectivity index (χ4v) is 3.21. The molecule has 1 atom stereocenters. The molecular formula is C10H13N5OS. The van der Waals surface area contributed by atoms with Crippen LogP contribution in [0.4, 0.5) is 5.13 Å². The molecular weight excluding hydrogens is 238 g/mol. The molecule has 2 aromatic rings. The monoisotopic (exact) mass is 251 g/mol. The first-order chi connectivity index (χ1) is 8.15. The van der Waals surface area contributed by atoms with Crippen LogP contribution in [0.15, 0.2) is 6.20 Å². The van der Waals surface area contributed by atoms with E-state index in [0.717, 1.165) is 35.2 Å². The Bertz CT molecular complexity index is 543. The number of aryl methyl sites for hydroxylation is 1. The van der Waals surface area contributed by atoms with Gasteiger partial charge in [0.05, 0.1) is 11.9 Å². The highest BCUT2D eigenvalue weighted by molar-refractivity contribution is 7.20. The zero-order chi connectivity index (χ0) is 12.0. The summed E-state index contributed by atoms with van der Waals surface area (Å²) in [4.78, 5) is 18.5. The Hall–Kier alpha value is -1.63. The summed E-state index contributed by atoms with van der Waals surface area (Å²) in [6.07, 6.45) is 3.68. The fraction of sp³-hybridized carbons (Fsp3) is 0.500. The summed E-state index contributed by atoms with van der Waals surface area (Å²) >= 11 is 1.50. The van der Waals surface area contributed by atoms with Crippen molar-refractivity contribution in [2.75, 3.05) is 11.4 Å². The van der Waals surface area contributed by atoms with E-state index in [2.05, 4.69) is 10.1 Å². The number of hydrogen-bond donors (Lipinski definition) is 1. The Kier molecular flexibility index (Phi) is 2.29. The minimum Gasteiger partial charge on any atom is -0.368 e. The quantitative estimate of drug-likeness (QED) is 0.845. The van der Waals surface area contributed by atoms with Crippen LogP contribution in [0.25, 0.3) is 4.96 Å². The van der Waals surface area contributed by atoms with Crippen LogP contribution in [0, 0.1) is 6.92 Å². The predicted octanol–water partition coefficient (Wildman–Crippen LogP) is 0.553. The second-order valence-corrected chi connectivity index (χ2v) is 5.18. The van der Waals surface area contributed by atoms with Gasteiger partial charge in [-0.25, -0.2) is 9.50 Å². The third kappa shape index (κ3) is 1.66. The molecule has 17 heavy (non-hydrogen) atoms. The molecule has 0 spiro atoms. The Morgan fingerprint density at radius 1 is 1.65 bits per heavy atom. The fourth-order valence-electron chi connectivity index (χ4n) is 2.21. The van der Waals surface area contributed by atoms with Gasteiger partial charge in [-0.1, -0.05) is 11.3 Å². The van der Waals surface area contributed by atoms with Crippen molar-refractivity contribution in [2.24, 2.45) is 5.73 Å². The topological polar surface area (TPSA) is 76.5 Å². The smallest absolute Gasteiger partial charge is 0.240 e. The molecule has 90 valence electrons. The van der Waals surface area contributed by atoms with E-state index in [0.29, 0.717) is 0 Å². The lowest BCUT2D eigenvalue weighted by Crippen LogP contribution is -2.40. The number of hydrogen-bond acceptors (Lipinski definition) is 5. The van der Waals surface area contributed by atoms with Gasteiger partial charge in [-0.05, 0) is 19.8 Å². The molecule has 2 N–H and O–H groups in total. The summed E-state index contributed by atoms with van der Waals surface area (Å²) in [6.45, 7) is 2.77. The number of carbonyl (C=O) groups is 1. The van der Waals surface area contributed by atoms with Gasteiger partial charge in [0, 0.05) is 6.54 Å². The number of fused-ring (bicyclic) bond motifs is 1. The molecule has 3 heterocycles. The van der Waals surface area contributed by atoms with E-state index in [1.54, 1.807) is 4.52 Å². The van der Waals surface area contributed by atoms with Gasteiger partial charge in [0.15, 0.2) is 0 Å². The average Bonchev–Trinajstić information content (AvgIpc) is 2.87. The molecule has 3 rings (SSSR count). The maximum Gasteiger partial charge on any atom is 0.240 e. The number of anilines is 1. The highest BCUT2D eigenvalue weighted by Gasteiger charge is 2.31. The molecule has 1 fully saturated rings. The second-order valence-electron chi connectivity index (χ2n) is 4.25. The van der Waals surface area contributed by atoms with Crippen LogP contribution in [-0.4, -0.2) is 33.1 Å². The molecule has 2 aromatic heterocycles. The zero-order valence-electron chi connectivity index (χ0n) is 9.46. The summed E-state index contributed by atoms with van der Waals surface area (Å²) in [5.74, 6) is -0.272. The van der Waals surface area contributed by atoms with Gasteiger partial charge < -0.3 is 10.6 Å². The molecule has 1 saturated heterocycles. The Morgan fingerprint density at radius 2 is 2.47 bits per heavy atom. The molecule has 0 radical (unpaired) electrons. The van der Waals surface area contributed by atoms with Crippen LogP contribution in [0.2, 0.25) is 0 Å². The molecule has 6 nitrogen and oxygen atoms in total. The van der Waals surface area contributed by atoms with Crippen LogP contribution in [0.1, 0.15) is 18.5 Å². The van der Waals surface area contributed by atoms with Gasteiger partial charge in [-0.15, -0.1) is 5.10 Å². The third-order valence-corrected chi connectivity index (χ3v) is 3.94. The van der Waals surface area contributed by atoms with Crippen molar-refractivity contribution in [3.8, 4) is 0 Å². The van der Waals surface area contributed by atoms with Crippen molar-refractivity contribution in [1.82, 2.24) is 14.6 Å². The standard InChI is InChI=1S/C10H13N5OS/c1-6-5-15-9(12-6)17-10(13-15)14-4-2-3-7(14)8(11)16/h5,7H,2-4H2,1H3,(H2,11,16). The third-order valence-electron chi connectivity index (χ3n) is 2.98. The summed E-state index contributed by atoms with van der Waals surface area (Å²) < 4.78 is 1.76. The van der Waals surface area contributed by atoms with E-state index in [4.69, 9.17) is 5.73 Å². The van der Waals surface area contributed by atoms with Crippen molar-refractivity contribution in [2.45, 2.75) is 25.8 Å². The van der Waals surface area contributed by atoms with Crippen molar-refractivity contribution in [3.05, 3.63) is 11.9 Å². The lowest BCUT2D eigenvalue weighted by atomic mass is 10.2. The number of amides is 1. The molecule has 1 aliphatic heterocycles. The highest BCUT2D eigenvalue weighted by atomic mass is 32.1. The SMILES string of the molecule is Cc1cn2nc(N3CCCC3C(N)=O)sc2n1. The molecule has 0 aliphatic carbocycles. The van der Waals surface area contributed by atoms with Crippen LogP contribution in [0.3, 0.4) is 0 Å². The van der Waals surface area contributed by atoms with E-state index < -0.39 is 0 Å². The highest BCUT2D eigenvalue weighted by Crippen LogP contribution is 2.29. The number of aromatic nitrogens is 3. The first-order valence-corrected chi connectivity index (χ1v) is 6.35. The summed E-state index contributed by atoms with van der Waals surface area (Å²) in [5, 5.41) is 5.27. The van der Waals surface area contributed by atoms with Gasteiger partial charge >= 0.3 is 0 Å². The van der Waals surface area contributed by atoms with E-state index in [9.17, 15) is 4.79 Å². The van der Waals surface area contributed by atoms with Crippen molar-refractivity contribution in [3.63, 3.8) is 0 Å². The van der Waals surface area contributed by atoms with Crippen molar-refractivity contribution >= 4 is 27.3 Å². The normalized spacial score (nSPS) is 20.3. The summed E-state index contributed by atoms with van der Waals surface area (Å²) in [7, 11) is 0. The van der Waals surface area contributed by atoms with E-state index in [-0.39, 0.29) is 11.9 Å². The van der Waals surface area contributed by atoms with Gasteiger partial charge in [0.1, 0.15) is 6.04 Å². The molecule has 1 aliphatic rings. The number of carbonyl (C=O) groups excluding carboxylic acids is 1. The Labute approximate surface area is 102 Å². The van der Waals surface area contributed by atoms with Gasteiger partial charge in [0.2, 0.25) is 16.0 Å². The molecule has 0 saturated carbocycles. The van der Waals surface area contributed by atoms with Crippen LogP contribution in [-0.2, 0) is 4.79 Å². The van der Waals surface area contributed by atoms with E-state index in [1.165, 1.54) is 11.3 Å². The van der Waals surface area contributed by atoms with E-state index in [1.807, 2.05) is 18.0 Å². The van der Waals surface area contributed by atoms with Gasteiger partial charge in [-0.2, -0.15) is 0 Å². The van der Waals surface area contributed by atoms with Crippen molar-refractivity contribution in [1.29, 1.82) is 0 Å². The molecule has 7 heteroatoms. The number of primary amides is 1. The molecule has 0 aromatic carbocycles. The lowest BCUT2D eigenvalue weighted by molar-refractivity contribution is -0.119. The first-order valence-electron chi connectivity index (χ1n) is 5.54. The summed E-state index contributed by atoms with van der Waals surface area (Å²) in [6, 6.07) is -0.216. The second kappa shape index (κ2) is 3.69. The van der Waals surface area contributed by atoms with Crippen molar-refractivity contribution < 1.29 is 4.79 Å². The van der Waals surface area contributed by atoms with Gasteiger partial charge in [0.25, 0.3) is 0 Å². The maximum atomic E-state index is 11.3. The first kappa shape index (κ1) is 10.5. The van der Waals surface area contributed by atoms with Crippen LogP contribution < -0.4 is 10.6 Å². The zero-order valence-corrected chi connectivity index (χ0v) is 10.3. The van der Waals surface area contributed by atoms with E-state index >= 15 is 0 Å². The molecule has 1 amide bonds. The van der Waals surface area contributed by atoms with Gasteiger partial charge in [-0.3, -0.25) is 4.79 Å². The Balaban J connectivity index is 1.97. The van der Waals surface area contributed by atoms with Crippen LogP contribution >= 0.6 is 11.3 Å². The molecule has 1 unspecified atom stereocenters. The summed E-state index contributed by atoms with van der Waals surface area (Å²) in [5.41, 5.74) is 6.34.